The highest BCUT2D eigenvalue weighted by Crippen LogP contribution is 2.43. The van der Waals surface area contributed by atoms with Crippen LogP contribution in [0.5, 0.6) is 17.2 Å². The maximum atomic E-state index is 12.7. The third-order valence-corrected chi connectivity index (χ3v) is 5.06. The lowest BCUT2D eigenvalue weighted by atomic mass is 9.86. The number of H-pyrrole nitrogens is 1. The quantitative estimate of drug-likeness (QED) is 0.576. The van der Waals surface area contributed by atoms with Gasteiger partial charge in [-0.15, -0.1) is 0 Å². The number of nitrogens with one attached hydrogen (secondary N) is 2. The molecular formula is C18H21N3O5S. The normalized spacial score (nSPS) is 15.7. The van der Waals surface area contributed by atoms with Crippen molar-refractivity contribution in [1.82, 2.24) is 9.97 Å². The minimum absolute atomic E-state index is 0.122. The highest BCUT2D eigenvalue weighted by atomic mass is 32.2. The Bertz CT molecular complexity index is 903. The highest BCUT2D eigenvalue weighted by molar-refractivity contribution is 7.99. The maximum absolute atomic E-state index is 12.7. The van der Waals surface area contributed by atoms with Crippen molar-refractivity contribution in [3.05, 3.63) is 33.6 Å². The van der Waals surface area contributed by atoms with Gasteiger partial charge in [0, 0.05) is 12.3 Å². The Labute approximate surface area is 160 Å². The molecule has 1 aliphatic heterocycles. The van der Waals surface area contributed by atoms with Gasteiger partial charge >= 0.3 is 0 Å². The van der Waals surface area contributed by atoms with E-state index in [1.165, 1.54) is 33.1 Å². The first-order valence-corrected chi connectivity index (χ1v) is 9.37. The zero-order valence-electron chi connectivity index (χ0n) is 15.5. The van der Waals surface area contributed by atoms with E-state index in [0.717, 1.165) is 5.75 Å². The van der Waals surface area contributed by atoms with Crippen LogP contribution >= 0.6 is 11.8 Å². The number of ether oxygens (including phenoxy) is 3. The lowest BCUT2D eigenvalue weighted by molar-refractivity contribution is -0.116. The number of nitrogens with zero attached hydrogens (tertiary/aromatic N) is 1. The number of aromatic amines is 1. The molecule has 27 heavy (non-hydrogen) atoms. The van der Waals surface area contributed by atoms with E-state index in [0.29, 0.717) is 39.3 Å². The lowest BCUT2D eigenvalue weighted by Crippen LogP contribution is -2.31. The summed E-state index contributed by atoms with van der Waals surface area (Å²) < 4.78 is 16.1. The zero-order chi connectivity index (χ0) is 19.6. The minimum Gasteiger partial charge on any atom is -0.493 e. The molecule has 0 radical (unpaired) electrons. The summed E-state index contributed by atoms with van der Waals surface area (Å²) in [6.07, 6.45) is 0.122. The Kier molecular flexibility index (Phi) is 5.59. The molecule has 3 rings (SSSR count). The topological polar surface area (TPSA) is 103 Å². The van der Waals surface area contributed by atoms with E-state index in [1.54, 1.807) is 12.1 Å². The van der Waals surface area contributed by atoms with Crippen LogP contribution in [0.1, 0.15) is 30.4 Å². The fraction of sp³-hybridized carbons (Fsp3) is 0.389. The Morgan fingerprint density at radius 2 is 1.81 bits per heavy atom. The number of carbonyl (C=O) groups is 1. The molecule has 0 fully saturated rings. The van der Waals surface area contributed by atoms with Gasteiger partial charge in [0.15, 0.2) is 16.7 Å². The lowest BCUT2D eigenvalue weighted by Gasteiger charge is -2.25. The molecule has 0 aliphatic carbocycles. The van der Waals surface area contributed by atoms with Crippen molar-refractivity contribution in [1.29, 1.82) is 0 Å². The molecule has 0 saturated heterocycles. The molecule has 144 valence electrons. The van der Waals surface area contributed by atoms with Crippen molar-refractivity contribution in [2.75, 3.05) is 32.4 Å². The first-order valence-electron chi connectivity index (χ1n) is 8.39. The molecule has 1 amide bonds. The number of anilines is 1. The van der Waals surface area contributed by atoms with Crippen LogP contribution in [0, 0.1) is 0 Å². The average Bonchev–Trinajstić information content (AvgIpc) is 2.65. The summed E-state index contributed by atoms with van der Waals surface area (Å²) in [7, 11) is 4.56. The first kappa shape index (κ1) is 19.1. The van der Waals surface area contributed by atoms with Gasteiger partial charge in [-0.25, -0.2) is 4.98 Å². The fourth-order valence-corrected chi connectivity index (χ4v) is 3.74. The molecule has 1 aromatic carbocycles. The smallest absolute Gasteiger partial charge is 0.257 e. The van der Waals surface area contributed by atoms with Gasteiger partial charge in [-0.2, -0.15) is 0 Å². The number of amides is 1. The molecule has 2 aromatic rings. The van der Waals surface area contributed by atoms with Crippen LogP contribution in [0.4, 0.5) is 5.82 Å². The average molecular weight is 391 g/mol. The van der Waals surface area contributed by atoms with Gasteiger partial charge < -0.3 is 24.5 Å². The molecule has 0 bridgehead atoms. The number of carbonyl (C=O) groups excluding carboxylic acids is 1. The van der Waals surface area contributed by atoms with Gasteiger partial charge in [0.2, 0.25) is 11.7 Å². The number of benzene rings is 1. The van der Waals surface area contributed by atoms with Gasteiger partial charge in [0.05, 0.1) is 26.9 Å². The van der Waals surface area contributed by atoms with E-state index in [-0.39, 0.29) is 17.9 Å². The molecule has 0 spiro atoms. The molecule has 2 N–H and O–H groups in total. The monoisotopic (exact) mass is 391 g/mol. The second kappa shape index (κ2) is 7.91. The number of rotatable bonds is 6. The molecule has 1 unspecified atom stereocenters. The molecule has 1 atom stereocenters. The Balaban J connectivity index is 2.17. The summed E-state index contributed by atoms with van der Waals surface area (Å²) in [5.74, 6) is 1.75. The van der Waals surface area contributed by atoms with Crippen LogP contribution in [0.3, 0.4) is 0 Å². The minimum atomic E-state index is -0.473. The summed E-state index contributed by atoms with van der Waals surface area (Å²) in [5.41, 5.74) is 0.864. The van der Waals surface area contributed by atoms with Crippen LogP contribution in [0.15, 0.2) is 22.1 Å². The van der Waals surface area contributed by atoms with Crippen molar-refractivity contribution in [2.24, 2.45) is 0 Å². The molecule has 9 heteroatoms. The molecule has 1 aliphatic rings. The van der Waals surface area contributed by atoms with Crippen molar-refractivity contribution in [3.8, 4) is 17.2 Å². The fourth-order valence-electron chi connectivity index (χ4n) is 3.14. The van der Waals surface area contributed by atoms with Crippen LogP contribution in [-0.2, 0) is 4.79 Å². The van der Waals surface area contributed by atoms with Crippen molar-refractivity contribution >= 4 is 23.5 Å². The molecule has 1 aromatic heterocycles. The molecule has 2 heterocycles. The van der Waals surface area contributed by atoms with Crippen molar-refractivity contribution in [2.45, 2.75) is 24.4 Å². The van der Waals surface area contributed by atoms with Gasteiger partial charge in [-0.3, -0.25) is 9.59 Å². The van der Waals surface area contributed by atoms with Crippen LogP contribution < -0.4 is 25.1 Å². The van der Waals surface area contributed by atoms with E-state index < -0.39 is 5.92 Å². The Morgan fingerprint density at radius 3 is 2.37 bits per heavy atom. The van der Waals surface area contributed by atoms with Crippen LogP contribution in [0.2, 0.25) is 0 Å². The third-order valence-electron chi connectivity index (χ3n) is 4.30. The number of hydrogen-bond acceptors (Lipinski definition) is 7. The van der Waals surface area contributed by atoms with Crippen molar-refractivity contribution < 1.29 is 19.0 Å². The second-order valence-electron chi connectivity index (χ2n) is 5.83. The van der Waals surface area contributed by atoms with E-state index in [4.69, 9.17) is 14.2 Å². The van der Waals surface area contributed by atoms with E-state index in [1.807, 2.05) is 6.92 Å². The predicted molar refractivity (Wildman–Crippen MR) is 102 cm³/mol. The second-order valence-corrected chi connectivity index (χ2v) is 7.08. The van der Waals surface area contributed by atoms with Crippen molar-refractivity contribution in [3.63, 3.8) is 0 Å². The number of fused-ring (bicyclic) bond motifs is 1. The summed E-state index contributed by atoms with van der Waals surface area (Å²) >= 11 is 1.40. The van der Waals surface area contributed by atoms with Gasteiger partial charge in [-0.1, -0.05) is 18.7 Å². The maximum Gasteiger partial charge on any atom is 0.257 e. The van der Waals surface area contributed by atoms with Gasteiger partial charge in [0.1, 0.15) is 5.82 Å². The molecule has 8 nitrogen and oxygen atoms in total. The van der Waals surface area contributed by atoms with Gasteiger partial charge in [-0.05, 0) is 23.4 Å². The predicted octanol–water partition coefficient (Wildman–Crippen LogP) is 2.38. The summed E-state index contributed by atoms with van der Waals surface area (Å²) in [6, 6.07) is 3.51. The zero-order valence-corrected chi connectivity index (χ0v) is 16.4. The standard InChI is InChI=1S/C18H21N3O5S/c1-5-27-18-20-16-14(17(23)21-18)10(8-13(22)19-16)9-6-11(24-2)15(26-4)12(7-9)25-3/h6-7,10H,5,8H2,1-4H3,(H2,19,20,21,22,23). The van der Waals surface area contributed by atoms with Crippen LogP contribution in [0.25, 0.3) is 0 Å². The van der Waals surface area contributed by atoms with E-state index in [9.17, 15) is 9.59 Å². The number of methoxy groups -OCH3 is 3. The van der Waals surface area contributed by atoms with E-state index in [2.05, 4.69) is 15.3 Å². The largest absolute Gasteiger partial charge is 0.493 e. The summed E-state index contributed by atoms with van der Waals surface area (Å²) in [6.45, 7) is 1.96. The summed E-state index contributed by atoms with van der Waals surface area (Å²) in [5, 5.41) is 3.19. The van der Waals surface area contributed by atoms with E-state index >= 15 is 0 Å². The third kappa shape index (κ3) is 3.59. The Hall–Kier alpha value is -2.68. The summed E-state index contributed by atoms with van der Waals surface area (Å²) in [4.78, 5) is 32.2. The molecule has 0 saturated carbocycles. The number of hydrogen-bond donors (Lipinski definition) is 2. The highest BCUT2D eigenvalue weighted by Gasteiger charge is 2.32. The molecular weight excluding hydrogens is 370 g/mol. The number of thioether (sulfide) groups is 1. The SMILES string of the molecule is CCSc1nc2c(c(=O)[nH]1)C(c1cc(OC)c(OC)c(OC)c1)CC(=O)N2. The van der Waals surface area contributed by atoms with Gasteiger partial charge in [0.25, 0.3) is 5.56 Å². The Morgan fingerprint density at radius 1 is 1.15 bits per heavy atom. The first-order chi connectivity index (χ1) is 13.0. The number of aromatic nitrogens is 2. The van der Waals surface area contributed by atoms with Crippen LogP contribution in [-0.4, -0.2) is 43.0 Å².